The standard InChI is InChI=1S/C28H29NO3S.Na/c1-4-18-12-13-23(32-19-9-7-8-16(2)14-19)25-21(28(30)31)15-22(29-26(18)25)27-17(3)20-10-5-6-11-24(20)33-27;/h5-6,10-13,15-16,19H,4,7-9,14H2,1-3H3,(H,30,31);/q;+1/p-1/t16-,19-;/m0./s1. The van der Waals surface area contributed by atoms with Crippen molar-refractivity contribution in [3.8, 4) is 16.3 Å². The number of fused-ring (bicyclic) bond motifs is 2. The molecule has 0 bridgehead atoms. The molecule has 0 aliphatic heterocycles. The number of benzene rings is 2. The molecule has 0 saturated heterocycles. The second-order valence-electron chi connectivity index (χ2n) is 9.21. The molecule has 2 aromatic carbocycles. The predicted octanol–water partition coefficient (Wildman–Crippen LogP) is 3.31. The minimum atomic E-state index is -1.20. The van der Waals surface area contributed by atoms with Crippen molar-refractivity contribution in [2.24, 2.45) is 5.92 Å². The van der Waals surface area contributed by atoms with Crippen LogP contribution in [0.1, 0.15) is 61.0 Å². The number of carboxylic acid groups (broad SMARTS) is 1. The van der Waals surface area contributed by atoms with Crippen LogP contribution in [0.5, 0.6) is 5.75 Å². The fourth-order valence-electron chi connectivity index (χ4n) is 5.11. The van der Waals surface area contributed by atoms with Gasteiger partial charge in [-0.2, -0.15) is 0 Å². The van der Waals surface area contributed by atoms with E-state index in [1.54, 1.807) is 17.4 Å². The number of hydrogen-bond acceptors (Lipinski definition) is 5. The van der Waals surface area contributed by atoms with Gasteiger partial charge in [0.05, 0.1) is 33.5 Å². The van der Waals surface area contributed by atoms with Crippen LogP contribution in [0.15, 0.2) is 42.5 Å². The van der Waals surface area contributed by atoms with E-state index in [9.17, 15) is 9.90 Å². The molecule has 1 saturated carbocycles. The summed E-state index contributed by atoms with van der Waals surface area (Å²) in [5, 5.41) is 14.1. The maximum Gasteiger partial charge on any atom is 1.00 e. The Hall–Kier alpha value is -1.92. The molecule has 34 heavy (non-hydrogen) atoms. The van der Waals surface area contributed by atoms with Crippen molar-refractivity contribution in [1.29, 1.82) is 0 Å². The Labute approximate surface area is 226 Å². The van der Waals surface area contributed by atoms with Crippen molar-refractivity contribution in [1.82, 2.24) is 4.98 Å². The minimum absolute atomic E-state index is 0. The average Bonchev–Trinajstić information content (AvgIpc) is 3.15. The van der Waals surface area contributed by atoms with Gasteiger partial charge in [-0.05, 0) is 73.2 Å². The topological polar surface area (TPSA) is 62.2 Å². The Morgan fingerprint density at radius 3 is 2.71 bits per heavy atom. The van der Waals surface area contributed by atoms with Crippen LogP contribution < -0.4 is 39.4 Å². The van der Waals surface area contributed by atoms with Crippen LogP contribution in [-0.2, 0) is 6.42 Å². The molecule has 2 aromatic heterocycles. The van der Waals surface area contributed by atoms with Crippen LogP contribution in [0.2, 0.25) is 0 Å². The van der Waals surface area contributed by atoms with Crippen molar-refractivity contribution < 1.29 is 44.2 Å². The Bertz CT molecular complexity index is 1360. The molecule has 5 rings (SSSR count). The zero-order valence-electron chi connectivity index (χ0n) is 20.3. The number of aromatic carboxylic acids is 1. The molecular weight excluding hydrogens is 453 g/mol. The van der Waals surface area contributed by atoms with E-state index < -0.39 is 5.97 Å². The van der Waals surface area contributed by atoms with Crippen LogP contribution in [0.4, 0.5) is 0 Å². The first kappa shape index (κ1) is 25.2. The van der Waals surface area contributed by atoms with E-state index in [1.165, 1.54) is 16.5 Å². The summed E-state index contributed by atoms with van der Waals surface area (Å²) in [6.45, 7) is 6.39. The average molecular weight is 482 g/mol. The van der Waals surface area contributed by atoms with Gasteiger partial charge in [-0.25, -0.2) is 4.98 Å². The Morgan fingerprint density at radius 2 is 2.00 bits per heavy atom. The zero-order valence-corrected chi connectivity index (χ0v) is 23.1. The number of ether oxygens (including phenoxy) is 1. The summed E-state index contributed by atoms with van der Waals surface area (Å²) in [4.78, 5) is 18.4. The third-order valence-corrected chi connectivity index (χ3v) is 8.16. The fraction of sp³-hybridized carbons (Fsp3) is 0.357. The van der Waals surface area contributed by atoms with Crippen LogP contribution in [-0.4, -0.2) is 17.1 Å². The van der Waals surface area contributed by atoms with E-state index in [0.29, 0.717) is 28.3 Å². The van der Waals surface area contributed by atoms with Crippen molar-refractivity contribution in [2.45, 2.75) is 59.0 Å². The van der Waals surface area contributed by atoms with E-state index in [4.69, 9.17) is 9.72 Å². The van der Waals surface area contributed by atoms with Gasteiger partial charge in [0.1, 0.15) is 5.75 Å². The largest absolute Gasteiger partial charge is 1.00 e. The second kappa shape index (κ2) is 10.4. The fourth-order valence-corrected chi connectivity index (χ4v) is 6.28. The van der Waals surface area contributed by atoms with Gasteiger partial charge in [0.2, 0.25) is 0 Å². The number of hydrogen-bond donors (Lipinski definition) is 0. The number of carboxylic acids is 1. The van der Waals surface area contributed by atoms with E-state index >= 15 is 0 Å². The summed E-state index contributed by atoms with van der Waals surface area (Å²) in [5.41, 5.74) is 3.66. The zero-order chi connectivity index (χ0) is 23.1. The van der Waals surface area contributed by atoms with Gasteiger partial charge in [0.25, 0.3) is 0 Å². The number of aryl methyl sites for hydroxylation is 2. The Kier molecular flexibility index (Phi) is 7.68. The smallest absolute Gasteiger partial charge is 0.545 e. The molecule has 0 spiro atoms. The molecule has 1 aliphatic carbocycles. The number of pyridine rings is 1. The van der Waals surface area contributed by atoms with Gasteiger partial charge >= 0.3 is 29.6 Å². The molecule has 0 radical (unpaired) electrons. The van der Waals surface area contributed by atoms with Crippen molar-refractivity contribution in [3.63, 3.8) is 0 Å². The number of rotatable bonds is 5. The monoisotopic (exact) mass is 481 g/mol. The molecule has 1 aliphatic rings. The molecule has 170 valence electrons. The van der Waals surface area contributed by atoms with Crippen LogP contribution >= 0.6 is 11.3 Å². The molecule has 0 amide bonds. The third kappa shape index (κ3) is 4.64. The van der Waals surface area contributed by atoms with E-state index in [-0.39, 0.29) is 41.2 Å². The molecule has 4 nitrogen and oxygen atoms in total. The van der Waals surface area contributed by atoms with Gasteiger partial charge in [-0.3, -0.25) is 0 Å². The number of carbonyl (C=O) groups is 1. The van der Waals surface area contributed by atoms with Crippen LogP contribution in [0.3, 0.4) is 0 Å². The quantitative estimate of drug-likeness (QED) is 0.411. The Morgan fingerprint density at radius 1 is 1.21 bits per heavy atom. The van der Waals surface area contributed by atoms with Crippen LogP contribution in [0, 0.1) is 12.8 Å². The predicted molar refractivity (Wildman–Crippen MR) is 133 cm³/mol. The first-order chi connectivity index (χ1) is 16.0. The summed E-state index contributed by atoms with van der Waals surface area (Å²) in [7, 11) is 0. The molecule has 0 unspecified atom stereocenters. The summed E-state index contributed by atoms with van der Waals surface area (Å²) in [6.07, 6.45) is 5.20. The van der Waals surface area contributed by atoms with Gasteiger partial charge < -0.3 is 14.6 Å². The van der Waals surface area contributed by atoms with Crippen LogP contribution in [0.25, 0.3) is 31.6 Å². The third-order valence-electron chi connectivity index (χ3n) is 6.86. The Balaban J connectivity index is 0.00000274. The number of nitrogens with zero attached hydrogens (tertiary/aromatic N) is 1. The molecule has 1 fully saturated rings. The summed E-state index contributed by atoms with van der Waals surface area (Å²) >= 11 is 1.65. The number of aromatic nitrogens is 1. The molecule has 6 heteroatoms. The summed E-state index contributed by atoms with van der Waals surface area (Å²) in [6, 6.07) is 13.8. The van der Waals surface area contributed by atoms with Gasteiger partial charge in [-0.15, -0.1) is 11.3 Å². The number of thiophene rings is 1. The molecular formula is C28H28NNaO3S. The summed E-state index contributed by atoms with van der Waals surface area (Å²) < 4.78 is 7.59. The maximum atomic E-state index is 12.4. The molecule has 2 atom stereocenters. The van der Waals surface area contributed by atoms with E-state index in [0.717, 1.165) is 41.7 Å². The van der Waals surface area contributed by atoms with Crippen molar-refractivity contribution in [2.75, 3.05) is 0 Å². The van der Waals surface area contributed by atoms with Gasteiger partial charge in [0, 0.05) is 10.3 Å². The minimum Gasteiger partial charge on any atom is -0.545 e. The summed E-state index contributed by atoms with van der Waals surface area (Å²) in [5.74, 6) is 0.0244. The first-order valence-corrected chi connectivity index (χ1v) is 12.6. The van der Waals surface area contributed by atoms with Gasteiger partial charge in [0.15, 0.2) is 0 Å². The maximum absolute atomic E-state index is 12.4. The van der Waals surface area contributed by atoms with Gasteiger partial charge in [-0.1, -0.05) is 44.5 Å². The number of carbonyl (C=O) groups excluding carboxylic acids is 1. The SMILES string of the molecule is CCc1ccc(O[C@H]2CCC[C@H](C)C2)c2c(C(=O)[O-])cc(-c3sc4ccccc4c3C)nc12.[Na+]. The van der Waals surface area contributed by atoms with Crippen molar-refractivity contribution in [3.05, 3.63) is 59.2 Å². The molecule has 0 N–H and O–H groups in total. The normalized spacial score (nSPS) is 18.1. The molecule has 4 aromatic rings. The van der Waals surface area contributed by atoms with Crippen molar-refractivity contribution >= 4 is 38.3 Å². The van der Waals surface area contributed by atoms with E-state index in [2.05, 4.69) is 32.9 Å². The first-order valence-electron chi connectivity index (χ1n) is 11.8. The molecule has 2 heterocycles. The second-order valence-corrected chi connectivity index (χ2v) is 10.3. The van der Waals surface area contributed by atoms with E-state index in [1.807, 2.05) is 24.3 Å².